The monoisotopic (exact) mass is 762 g/mol. The second-order valence-corrected chi connectivity index (χ2v) is 15.8. The van der Waals surface area contributed by atoms with Crippen molar-refractivity contribution in [2.45, 2.75) is 76.5 Å². The van der Waals surface area contributed by atoms with Gasteiger partial charge in [0.2, 0.25) is 0 Å². The Hall–Kier alpha value is -5.80. The van der Waals surface area contributed by atoms with Crippen LogP contribution >= 0.6 is 0 Å². The smallest absolute Gasteiger partial charge is 0.151 e. The lowest BCUT2D eigenvalue weighted by atomic mass is 9.79. The highest BCUT2D eigenvalue weighted by atomic mass is 19.1. The van der Waals surface area contributed by atoms with Crippen LogP contribution in [0.1, 0.15) is 53.4 Å². The molecule has 6 N–H and O–H groups in total. The van der Waals surface area contributed by atoms with Crippen LogP contribution in [-0.4, -0.2) is 89.2 Å². The number of hydrogen-bond donors (Lipinski definition) is 6. The zero-order valence-electron chi connectivity index (χ0n) is 32.2. The molecule has 2 aliphatic heterocycles. The molecule has 0 saturated carbocycles. The van der Waals surface area contributed by atoms with Gasteiger partial charge in [-0.2, -0.15) is 10.2 Å². The summed E-state index contributed by atoms with van der Waals surface area (Å²) in [6, 6.07) is 15.8. The Balaban J connectivity index is 0.000000175. The zero-order valence-corrected chi connectivity index (χ0v) is 32.2. The molecule has 0 spiro atoms. The van der Waals surface area contributed by atoms with Crippen molar-refractivity contribution < 1.29 is 13.9 Å². The Morgan fingerprint density at radius 1 is 0.714 bits per heavy atom. The molecule has 2 saturated heterocycles. The van der Waals surface area contributed by atoms with E-state index in [4.69, 9.17) is 0 Å². The molecule has 292 valence electrons. The summed E-state index contributed by atoms with van der Waals surface area (Å²) in [5.74, 6) is 0.546. The SMILES string of the molecule is CN(c1ccc(-c2cc(F)c(-c3cn[nH]c3)cc2F)nn1)C1CC(C)(C)NC(C)(C)C1.Oc1cc(-c2cn[nH]c2)ccc1-c1ccc(NC2CCNCC2)nn1. The van der Waals surface area contributed by atoms with Crippen LogP contribution in [-0.2, 0) is 0 Å². The van der Waals surface area contributed by atoms with Gasteiger partial charge in [-0.1, -0.05) is 6.07 Å². The van der Waals surface area contributed by atoms with E-state index in [1.54, 1.807) is 24.5 Å². The quantitative estimate of drug-likeness (QED) is 0.0949. The molecule has 0 amide bonds. The number of nitrogens with one attached hydrogen (secondary N) is 5. The Labute approximate surface area is 324 Å². The van der Waals surface area contributed by atoms with Crippen molar-refractivity contribution in [2.75, 3.05) is 30.4 Å². The Kier molecular flexibility index (Phi) is 11.1. The van der Waals surface area contributed by atoms with Gasteiger partial charge in [0.25, 0.3) is 0 Å². The molecule has 6 heterocycles. The number of halogens is 2. The van der Waals surface area contributed by atoms with Gasteiger partial charge in [-0.15, -0.1) is 20.4 Å². The number of benzene rings is 2. The van der Waals surface area contributed by atoms with Crippen molar-refractivity contribution in [1.29, 1.82) is 0 Å². The molecule has 8 rings (SSSR count). The molecule has 0 unspecified atom stereocenters. The van der Waals surface area contributed by atoms with Gasteiger partial charge in [0.15, 0.2) is 5.82 Å². The van der Waals surface area contributed by atoms with Gasteiger partial charge < -0.3 is 26.0 Å². The summed E-state index contributed by atoms with van der Waals surface area (Å²) < 4.78 is 29.4. The van der Waals surface area contributed by atoms with Crippen LogP contribution in [0.25, 0.3) is 44.8 Å². The average Bonchev–Trinajstić information content (AvgIpc) is 3.92. The van der Waals surface area contributed by atoms with E-state index in [-0.39, 0.29) is 34.0 Å². The van der Waals surface area contributed by atoms with Gasteiger partial charge in [-0.05, 0) is 121 Å². The summed E-state index contributed by atoms with van der Waals surface area (Å²) in [7, 11) is 2.01. The molecule has 0 aliphatic carbocycles. The molecule has 2 aliphatic rings. The van der Waals surface area contributed by atoms with Crippen molar-refractivity contribution >= 4 is 11.6 Å². The second kappa shape index (κ2) is 16.1. The van der Waals surface area contributed by atoms with Crippen molar-refractivity contribution in [2.24, 2.45) is 0 Å². The lowest BCUT2D eigenvalue weighted by Crippen LogP contribution is -2.62. The third kappa shape index (κ3) is 9.01. The molecule has 0 radical (unpaired) electrons. The number of aromatic hydroxyl groups is 1. The molecular formula is C41H48F2N12O. The average molecular weight is 763 g/mol. The van der Waals surface area contributed by atoms with Gasteiger partial charge in [0.05, 0.1) is 23.8 Å². The van der Waals surface area contributed by atoms with Crippen molar-refractivity contribution in [3.8, 4) is 50.5 Å². The minimum atomic E-state index is -0.560. The molecule has 0 bridgehead atoms. The number of aromatic amines is 2. The normalized spacial score (nSPS) is 16.8. The van der Waals surface area contributed by atoms with Gasteiger partial charge in [0, 0.05) is 70.4 Å². The van der Waals surface area contributed by atoms with E-state index in [1.165, 1.54) is 12.4 Å². The number of phenols is 1. The molecule has 4 aromatic heterocycles. The van der Waals surface area contributed by atoms with E-state index in [0.29, 0.717) is 34.4 Å². The van der Waals surface area contributed by atoms with Gasteiger partial charge in [-0.3, -0.25) is 10.2 Å². The number of aromatic nitrogens is 8. The fourth-order valence-corrected chi connectivity index (χ4v) is 7.81. The number of anilines is 2. The lowest BCUT2D eigenvalue weighted by Gasteiger charge is -2.49. The van der Waals surface area contributed by atoms with Crippen molar-refractivity contribution in [1.82, 2.24) is 51.4 Å². The van der Waals surface area contributed by atoms with Crippen LogP contribution in [0.5, 0.6) is 5.75 Å². The van der Waals surface area contributed by atoms with Gasteiger partial charge in [-0.25, -0.2) is 8.78 Å². The summed E-state index contributed by atoms with van der Waals surface area (Å²) in [5.41, 5.74) is 4.14. The number of phenolic OH excluding ortho intramolecular Hbond substituents is 1. The van der Waals surface area contributed by atoms with Gasteiger partial charge in [0.1, 0.15) is 23.2 Å². The number of H-pyrrole nitrogens is 2. The summed E-state index contributed by atoms with van der Waals surface area (Å²) in [6.07, 6.45) is 10.6. The first kappa shape index (κ1) is 38.5. The molecule has 0 atom stereocenters. The van der Waals surface area contributed by atoms with Crippen LogP contribution in [0.4, 0.5) is 20.4 Å². The highest BCUT2D eigenvalue weighted by molar-refractivity contribution is 5.74. The van der Waals surface area contributed by atoms with Crippen LogP contribution in [0.2, 0.25) is 0 Å². The van der Waals surface area contributed by atoms with Crippen LogP contribution < -0.4 is 20.9 Å². The summed E-state index contributed by atoms with van der Waals surface area (Å²) in [4.78, 5) is 2.13. The molecule has 6 aromatic rings. The topological polar surface area (TPSA) is 168 Å². The molecule has 2 aromatic carbocycles. The maximum atomic E-state index is 14.7. The van der Waals surface area contributed by atoms with E-state index in [1.807, 2.05) is 37.4 Å². The molecule has 15 heteroatoms. The van der Waals surface area contributed by atoms with Gasteiger partial charge >= 0.3 is 0 Å². The molecule has 2 fully saturated rings. The van der Waals surface area contributed by atoms with E-state index in [0.717, 1.165) is 67.9 Å². The van der Waals surface area contributed by atoms with E-state index in [9.17, 15) is 13.9 Å². The summed E-state index contributed by atoms with van der Waals surface area (Å²) in [6.45, 7) is 10.9. The standard InChI is InChI=1S/C23H28F2N6.C18H20N6O/c1-22(2)10-15(11-23(3,4)30-22)31(5)21-7-6-20(28-29-21)17-9-18(24)16(8-19(17)25)14-12-26-27-13-14;25-17-9-12(13-10-20-21-11-13)1-2-15(17)16-3-4-18(24-23-16)22-14-5-7-19-8-6-14/h6-9,12-13,15,30H,10-11H2,1-5H3,(H,26,27);1-4,9-11,14,19,25H,5-8H2,(H,20,21)(H,22,24). The van der Waals surface area contributed by atoms with E-state index >= 15 is 0 Å². The fourth-order valence-electron chi connectivity index (χ4n) is 7.81. The minimum Gasteiger partial charge on any atom is -0.507 e. The maximum absolute atomic E-state index is 14.7. The lowest BCUT2D eigenvalue weighted by molar-refractivity contribution is 0.160. The second-order valence-electron chi connectivity index (χ2n) is 15.8. The first-order valence-corrected chi connectivity index (χ1v) is 18.8. The van der Waals surface area contributed by atoms with Crippen molar-refractivity contribution in [3.63, 3.8) is 0 Å². The largest absolute Gasteiger partial charge is 0.507 e. The highest BCUT2D eigenvalue weighted by Crippen LogP contribution is 2.35. The summed E-state index contributed by atoms with van der Waals surface area (Å²) >= 11 is 0. The fraction of sp³-hybridized carbons (Fsp3) is 0.366. The molecular weight excluding hydrogens is 715 g/mol. The molecule has 13 nitrogen and oxygen atoms in total. The zero-order chi connectivity index (χ0) is 39.5. The predicted molar refractivity (Wildman–Crippen MR) is 214 cm³/mol. The van der Waals surface area contributed by atoms with Crippen LogP contribution in [0.3, 0.4) is 0 Å². The summed E-state index contributed by atoms with van der Waals surface area (Å²) in [5, 5.41) is 50.9. The number of nitrogens with zero attached hydrogens (tertiary/aromatic N) is 7. The third-order valence-corrected chi connectivity index (χ3v) is 10.3. The minimum absolute atomic E-state index is 0.00539. The third-order valence-electron chi connectivity index (χ3n) is 10.3. The van der Waals surface area contributed by atoms with Crippen LogP contribution in [0, 0.1) is 11.6 Å². The maximum Gasteiger partial charge on any atom is 0.151 e. The first-order chi connectivity index (χ1) is 26.8. The Morgan fingerprint density at radius 2 is 1.34 bits per heavy atom. The van der Waals surface area contributed by atoms with Crippen molar-refractivity contribution in [3.05, 3.63) is 91.0 Å². The van der Waals surface area contributed by atoms with Crippen LogP contribution in [0.15, 0.2) is 79.4 Å². The predicted octanol–water partition coefficient (Wildman–Crippen LogP) is 6.96. The number of rotatable bonds is 8. The van der Waals surface area contributed by atoms with E-state index in [2.05, 4.69) is 89.3 Å². The Bertz CT molecular complexity index is 2190. The Morgan fingerprint density at radius 3 is 1.95 bits per heavy atom. The highest BCUT2D eigenvalue weighted by Gasteiger charge is 2.39. The molecule has 56 heavy (non-hydrogen) atoms. The number of hydrogen-bond acceptors (Lipinski definition) is 11. The first-order valence-electron chi connectivity index (χ1n) is 18.8. The number of piperidine rings is 2. The van der Waals surface area contributed by atoms with E-state index < -0.39 is 11.6 Å².